The number of halogens is 2. The third-order valence-corrected chi connectivity index (χ3v) is 4.48. The second-order valence-corrected chi connectivity index (χ2v) is 7.34. The molecule has 0 radical (unpaired) electrons. The highest BCUT2D eigenvalue weighted by atomic mass is 19.1. The Morgan fingerprint density at radius 2 is 1.75 bits per heavy atom. The Bertz CT molecular complexity index is 932. The van der Waals surface area contributed by atoms with Crippen LogP contribution in [0.4, 0.5) is 8.78 Å². The second kappa shape index (κ2) is 8.83. The van der Waals surface area contributed by atoms with E-state index in [0.29, 0.717) is 25.2 Å². The van der Waals surface area contributed by atoms with E-state index in [1.54, 1.807) is 11.0 Å². The summed E-state index contributed by atoms with van der Waals surface area (Å²) >= 11 is 0. The summed E-state index contributed by atoms with van der Waals surface area (Å²) in [4.78, 5) is 14.7. The molecule has 2 aromatic carbocycles. The van der Waals surface area contributed by atoms with Gasteiger partial charge in [-0.2, -0.15) is 0 Å². The lowest BCUT2D eigenvalue weighted by Gasteiger charge is -2.25. The highest BCUT2D eigenvalue weighted by Crippen LogP contribution is 2.16. The number of carbonyl (C=O) groups is 1. The fourth-order valence-electron chi connectivity index (χ4n) is 3.21. The van der Waals surface area contributed by atoms with Gasteiger partial charge in [0.25, 0.3) is 5.91 Å². The van der Waals surface area contributed by atoms with Crippen LogP contribution in [0.3, 0.4) is 0 Å². The molecule has 0 saturated heterocycles. The summed E-state index contributed by atoms with van der Waals surface area (Å²) in [6.07, 6.45) is 1.93. The van der Waals surface area contributed by atoms with Crippen molar-refractivity contribution in [2.45, 2.75) is 26.9 Å². The van der Waals surface area contributed by atoms with Crippen molar-refractivity contribution in [3.8, 4) is 0 Å². The normalized spacial score (nSPS) is 11.0. The van der Waals surface area contributed by atoms with Gasteiger partial charge in [0.2, 0.25) is 0 Å². The molecule has 28 heavy (non-hydrogen) atoms. The van der Waals surface area contributed by atoms with E-state index in [1.165, 1.54) is 36.4 Å². The Labute approximate surface area is 164 Å². The monoisotopic (exact) mass is 382 g/mol. The van der Waals surface area contributed by atoms with Crippen molar-refractivity contribution in [3.05, 3.63) is 95.3 Å². The van der Waals surface area contributed by atoms with Gasteiger partial charge in [-0.15, -0.1) is 0 Å². The van der Waals surface area contributed by atoms with E-state index < -0.39 is 0 Å². The van der Waals surface area contributed by atoms with Gasteiger partial charge in [0.1, 0.15) is 11.6 Å². The Morgan fingerprint density at radius 1 is 1.00 bits per heavy atom. The average Bonchev–Trinajstić information content (AvgIpc) is 3.07. The molecule has 1 aromatic heterocycles. The molecule has 3 aromatic rings. The van der Waals surface area contributed by atoms with Crippen molar-refractivity contribution in [3.63, 3.8) is 0 Å². The van der Waals surface area contributed by atoms with Gasteiger partial charge in [0.15, 0.2) is 0 Å². The summed E-state index contributed by atoms with van der Waals surface area (Å²) in [6, 6.07) is 16.0. The molecule has 1 amide bonds. The molecule has 0 aliphatic rings. The van der Waals surface area contributed by atoms with E-state index in [2.05, 4.69) is 13.8 Å². The molecule has 0 aliphatic heterocycles. The Morgan fingerprint density at radius 3 is 2.43 bits per heavy atom. The van der Waals surface area contributed by atoms with Crippen LogP contribution in [0.2, 0.25) is 0 Å². The number of amides is 1. The van der Waals surface area contributed by atoms with Gasteiger partial charge in [0, 0.05) is 30.5 Å². The van der Waals surface area contributed by atoms with E-state index in [-0.39, 0.29) is 23.5 Å². The largest absolute Gasteiger partial charge is 0.345 e. The molecule has 3 rings (SSSR count). The maximum atomic E-state index is 13.5. The van der Waals surface area contributed by atoms with Gasteiger partial charge in [-0.1, -0.05) is 26.0 Å². The average molecular weight is 382 g/mol. The van der Waals surface area contributed by atoms with E-state index >= 15 is 0 Å². The van der Waals surface area contributed by atoms with Crippen LogP contribution in [0.25, 0.3) is 0 Å². The van der Waals surface area contributed by atoms with Crippen molar-refractivity contribution in [1.82, 2.24) is 9.47 Å². The molecule has 0 bridgehead atoms. The predicted molar refractivity (Wildman–Crippen MR) is 106 cm³/mol. The van der Waals surface area contributed by atoms with Crippen molar-refractivity contribution in [1.29, 1.82) is 0 Å². The molecular formula is C23H24F2N2O. The molecule has 0 spiro atoms. The van der Waals surface area contributed by atoms with Gasteiger partial charge >= 0.3 is 0 Å². The van der Waals surface area contributed by atoms with Crippen LogP contribution < -0.4 is 0 Å². The fourth-order valence-corrected chi connectivity index (χ4v) is 3.21. The summed E-state index contributed by atoms with van der Waals surface area (Å²) in [5.74, 6) is -0.474. The number of nitrogens with zero attached hydrogens (tertiary/aromatic N) is 2. The molecule has 1 heterocycles. The lowest BCUT2D eigenvalue weighted by Crippen LogP contribution is -2.34. The third-order valence-electron chi connectivity index (χ3n) is 4.48. The molecule has 0 saturated carbocycles. The zero-order valence-electron chi connectivity index (χ0n) is 16.1. The minimum Gasteiger partial charge on any atom is -0.345 e. The maximum Gasteiger partial charge on any atom is 0.254 e. The number of aromatic nitrogens is 1. The standard InChI is InChI=1S/C23H24F2N2O/c1-17(2)14-27(23(28)19-8-10-20(24)11-9-19)16-22-7-4-12-26(22)15-18-5-3-6-21(25)13-18/h3-13,17H,14-16H2,1-2H3. The van der Waals surface area contributed by atoms with Crippen LogP contribution in [0.15, 0.2) is 66.9 Å². The van der Waals surface area contributed by atoms with Gasteiger partial charge in [-0.3, -0.25) is 4.79 Å². The molecule has 0 N–H and O–H groups in total. The molecule has 5 heteroatoms. The molecule has 0 aliphatic carbocycles. The molecule has 146 valence electrons. The summed E-state index contributed by atoms with van der Waals surface area (Å²) in [6.45, 7) is 5.64. The van der Waals surface area contributed by atoms with Crippen molar-refractivity contribution in [2.75, 3.05) is 6.54 Å². The summed E-state index contributed by atoms with van der Waals surface area (Å²) in [5, 5.41) is 0. The van der Waals surface area contributed by atoms with E-state index in [9.17, 15) is 13.6 Å². The molecule has 0 unspecified atom stereocenters. The molecular weight excluding hydrogens is 358 g/mol. The fraction of sp³-hybridized carbons (Fsp3) is 0.261. The van der Waals surface area contributed by atoms with Crippen LogP contribution in [-0.4, -0.2) is 21.9 Å². The highest BCUT2D eigenvalue weighted by molar-refractivity contribution is 5.94. The predicted octanol–water partition coefficient (Wildman–Crippen LogP) is 5.11. The highest BCUT2D eigenvalue weighted by Gasteiger charge is 2.19. The van der Waals surface area contributed by atoms with E-state index in [1.807, 2.05) is 29.0 Å². The number of hydrogen-bond donors (Lipinski definition) is 0. The van der Waals surface area contributed by atoms with Crippen molar-refractivity contribution >= 4 is 5.91 Å². The quantitative estimate of drug-likeness (QED) is 0.557. The number of benzene rings is 2. The van der Waals surface area contributed by atoms with Crippen molar-refractivity contribution < 1.29 is 13.6 Å². The van der Waals surface area contributed by atoms with Crippen LogP contribution >= 0.6 is 0 Å². The molecule has 0 fully saturated rings. The minimum absolute atomic E-state index is 0.132. The van der Waals surface area contributed by atoms with Crippen molar-refractivity contribution in [2.24, 2.45) is 5.92 Å². The smallest absolute Gasteiger partial charge is 0.254 e. The van der Waals surface area contributed by atoms with Gasteiger partial charge < -0.3 is 9.47 Å². The number of rotatable bonds is 7. The van der Waals surface area contributed by atoms with Crippen LogP contribution in [0, 0.1) is 17.6 Å². The second-order valence-electron chi connectivity index (χ2n) is 7.34. The van der Waals surface area contributed by atoms with E-state index in [0.717, 1.165) is 11.3 Å². The zero-order chi connectivity index (χ0) is 20.1. The zero-order valence-corrected chi connectivity index (χ0v) is 16.1. The molecule has 3 nitrogen and oxygen atoms in total. The number of hydrogen-bond acceptors (Lipinski definition) is 1. The minimum atomic E-state index is -0.365. The lowest BCUT2D eigenvalue weighted by atomic mass is 10.1. The van der Waals surface area contributed by atoms with Crippen LogP contribution in [0.1, 0.15) is 35.5 Å². The first-order valence-electron chi connectivity index (χ1n) is 9.35. The number of carbonyl (C=O) groups excluding carboxylic acids is 1. The van der Waals surface area contributed by atoms with Gasteiger partial charge in [0.05, 0.1) is 6.54 Å². The first-order valence-corrected chi connectivity index (χ1v) is 9.35. The first kappa shape index (κ1) is 19.8. The summed E-state index contributed by atoms with van der Waals surface area (Å²) < 4.78 is 28.7. The Hall–Kier alpha value is -2.95. The van der Waals surface area contributed by atoms with Gasteiger partial charge in [-0.25, -0.2) is 8.78 Å². The first-order chi connectivity index (χ1) is 13.4. The van der Waals surface area contributed by atoms with Gasteiger partial charge in [-0.05, 0) is 60.0 Å². The third kappa shape index (κ3) is 5.06. The maximum absolute atomic E-state index is 13.5. The molecule has 0 atom stereocenters. The SMILES string of the molecule is CC(C)CN(Cc1cccn1Cc1cccc(F)c1)C(=O)c1ccc(F)cc1. The Kier molecular flexibility index (Phi) is 6.24. The summed E-state index contributed by atoms with van der Waals surface area (Å²) in [7, 11) is 0. The Balaban J connectivity index is 1.81. The topological polar surface area (TPSA) is 25.2 Å². The van der Waals surface area contributed by atoms with E-state index in [4.69, 9.17) is 0 Å². The lowest BCUT2D eigenvalue weighted by molar-refractivity contribution is 0.0718. The van der Waals surface area contributed by atoms with Crippen LogP contribution in [-0.2, 0) is 13.1 Å². The summed E-state index contributed by atoms with van der Waals surface area (Å²) in [5.41, 5.74) is 2.28. The van der Waals surface area contributed by atoms with Crippen LogP contribution in [0.5, 0.6) is 0 Å².